The molecule has 0 aromatic carbocycles. The van der Waals surface area contributed by atoms with Gasteiger partial charge in [0.25, 0.3) is 0 Å². The van der Waals surface area contributed by atoms with Crippen LogP contribution in [0.5, 0.6) is 0 Å². The second kappa shape index (κ2) is 3.54. The third-order valence-corrected chi connectivity index (χ3v) is 1.98. The molecule has 2 rings (SSSR count). The maximum atomic E-state index is 13.4. The first-order valence-corrected chi connectivity index (χ1v) is 4.31. The molecule has 0 bridgehead atoms. The van der Waals surface area contributed by atoms with Gasteiger partial charge in [-0.1, -0.05) is 0 Å². The summed E-state index contributed by atoms with van der Waals surface area (Å²) in [5.74, 6) is -0.434. The Morgan fingerprint density at radius 1 is 1.07 bits per heavy atom. The summed E-state index contributed by atoms with van der Waals surface area (Å²) in [5, 5.41) is 0. The third-order valence-electron chi connectivity index (χ3n) is 1.98. The highest BCUT2D eigenvalue weighted by molar-refractivity contribution is 5.62. The van der Waals surface area contributed by atoms with Crippen LogP contribution in [-0.4, -0.2) is 9.97 Å². The van der Waals surface area contributed by atoms with Gasteiger partial charge < -0.3 is 0 Å². The summed E-state index contributed by atoms with van der Waals surface area (Å²) >= 11 is 0. The summed E-state index contributed by atoms with van der Waals surface area (Å²) < 4.78 is 13.4. The van der Waals surface area contributed by atoms with Crippen LogP contribution in [0.3, 0.4) is 0 Å². The molecule has 0 unspecified atom stereocenters. The van der Waals surface area contributed by atoms with E-state index in [9.17, 15) is 4.39 Å². The zero-order valence-electron chi connectivity index (χ0n) is 7.74. The van der Waals surface area contributed by atoms with Gasteiger partial charge in [-0.15, -0.1) is 0 Å². The molecule has 0 amide bonds. The zero-order chi connectivity index (χ0) is 9.97. The molecular formula is C11H9FN2. The van der Waals surface area contributed by atoms with Gasteiger partial charge in [-0.3, -0.25) is 4.98 Å². The smallest absolute Gasteiger partial charge is 0.220 e. The van der Waals surface area contributed by atoms with Gasteiger partial charge >= 0.3 is 0 Å². The Labute approximate surface area is 81.5 Å². The molecule has 0 atom stereocenters. The van der Waals surface area contributed by atoms with Crippen LogP contribution in [0.25, 0.3) is 11.1 Å². The van der Waals surface area contributed by atoms with Crippen molar-refractivity contribution in [2.24, 2.45) is 0 Å². The SMILES string of the molecule is Cc1ccc(-c2ccncc2)c(F)n1. The lowest BCUT2D eigenvalue weighted by atomic mass is 10.1. The van der Waals surface area contributed by atoms with E-state index >= 15 is 0 Å². The minimum atomic E-state index is -0.434. The molecule has 2 aromatic rings. The minimum Gasteiger partial charge on any atom is -0.265 e. The predicted octanol–water partition coefficient (Wildman–Crippen LogP) is 2.59. The van der Waals surface area contributed by atoms with Crippen LogP contribution in [0.1, 0.15) is 5.69 Å². The Kier molecular flexibility index (Phi) is 2.23. The average molecular weight is 188 g/mol. The van der Waals surface area contributed by atoms with Crippen molar-refractivity contribution in [2.45, 2.75) is 6.92 Å². The van der Waals surface area contributed by atoms with Gasteiger partial charge in [0.1, 0.15) is 0 Å². The van der Waals surface area contributed by atoms with Gasteiger partial charge in [0.05, 0.1) is 0 Å². The Bertz CT molecular complexity index is 440. The highest BCUT2D eigenvalue weighted by atomic mass is 19.1. The van der Waals surface area contributed by atoms with Crippen LogP contribution in [0, 0.1) is 12.9 Å². The van der Waals surface area contributed by atoms with Crippen molar-refractivity contribution in [1.82, 2.24) is 9.97 Å². The highest BCUT2D eigenvalue weighted by Gasteiger charge is 2.05. The van der Waals surface area contributed by atoms with E-state index in [0.29, 0.717) is 11.3 Å². The number of pyridine rings is 2. The second-order valence-electron chi connectivity index (χ2n) is 3.03. The van der Waals surface area contributed by atoms with Crippen LogP contribution in [0.15, 0.2) is 36.7 Å². The Balaban J connectivity index is 2.53. The molecule has 0 aliphatic heterocycles. The van der Waals surface area contributed by atoms with Crippen molar-refractivity contribution < 1.29 is 4.39 Å². The van der Waals surface area contributed by atoms with Crippen molar-refractivity contribution in [1.29, 1.82) is 0 Å². The summed E-state index contributed by atoms with van der Waals surface area (Å²) in [6, 6.07) is 7.04. The quantitative estimate of drug-likeness (QED) is 0.643. The van der Waals surface area contributed by atoms with Crippen LogP contribution in [-0.2, 0) is 0 Å². The lowest BCUT2D eigenvalue weighted by molar-refractivity contribution is 0.584. The van der Waals surface area contributed by atoms with Gasteiger partial charge in [-0.05, 0) is 36.8 Å². The number of nitrogens with zero attached hydrogens (tertiary/aromatic N) is 2. The first-order chi connectivity index (χ1) is 6.77. The topological polar surface area (TPSA) is 25.8 Å². The van der Waals surface area contributed by atoms with Crippen LogP contribution < -0.4 is 0 Å². The highest BCUT2D eigenvalue weighted by Crippen LogP contribution is 2.20. The molecule has 2 nitrogen and oxygen atoms in total. The lowest BCUT2D eigenvalue weighted by Crippen LogP contribution is -1.91. The average Bonchev–Trinajstić information content (AvgIpc) is 2.19. The first-order valence-electron chi connectivity index (χ1n) is 4.31. The fraction of sp³-hybridized carbons (Fsp3) is 0.0909. The van der Waals surface area contributed by atoms with E-state index in [-0.39, 0.29) is 0 Å². The Morgan fingerprint density at radius 3 is 2.43 bits per heavy atom. The lowest BCUT2D eigenvalue weighted by Gasteiger charge is -2.02. The predicted molar refractivity (Wildman–Crippen MR) is 52.2 cm³/mol. The third kappa shape index (κ3) is 1.62. The number of halogens is 1. The van der Waals surface area contributed by atoms with Crippen LogP contribution in [0.2, 0.25) is 0 Å². The van der Waals surface area contributed by atoms with E-state index in [1.165, 1.54) is 0 Å². The molecule has 0 fully saturated rings. The summed E-state index contributed by atoms with van der Waals surface area (Å²) in [5.41, 5.74) is 1.99. The largest absolute Gasteiger partial charge is 0.265 e. The van der Waals surface area contributed by atoms with Crippen molar-refractivity contribution in [2.75, 3.05) is 0 Å². The van der Waals surface area contributed by atoms with Gasteiger partial charge in [0.2, 0.25) is 5.95 Å². The monoisotopic (exact) mass is 188 g/mol. The van der Waals surface area contributed by atoms with E-state index in [4.69, 9.17) is 0 Å². The van der Waals surface area contributed by atoms with E-state index < -0.39 is 5.95 Å². The molecule has 0 aliphatic carbocycles. The number of aromatic nitrogens is 2. The zero-order valence-corrected chi connectivity index (χ0v) is 7.74. The number of rotatable bonds is 1. The van der Waals surface area contributed by atoms with Gasteiger partial charge in [0.15, 0.2) is 0 Å². The van der Waals surface area contributed by atoms with E-state index in [1.807, 2.05) is 0 Å². The van der Waals surface area contributed by atoms with Crippen molar-refractivity contribution in [3.05, 3.63) is 48.3 Å². The van der Waals surface area contributed by atoms with E-state index in [1.54, 1.807) is 43.6 Å². The number of hydrogen-bond acceptors (Lipinski definition) is 2. The molecule has 2 heterocycles. The maximum absolute atomic E-state index is 13.4. The molecular weight excluding hydrogens is 179 g/mol. The van der Waals surface area contributed by atoms with Crippen molar-refractivity contribution >= 4 is 0 Å². The summed E-state index contributed by atoms with van der Waals surface area (Å²) in [4.78, 5) is 7.64. The molecule has 0 N–H and O–H groups in total. The molecule has 0 saturated carbocycles. The van der Waals surface area contributed by atoms with Crippen LogP contribution >= 0.6 is 0 Å². The molecule has 2 aromatic heterocycles. The summed E-state index contributed by atoms with van der Waals surface area (Å²) in [6.07, 6.45) is 3.27. The fourth-order valence-corrected chi connectivity index (χ4v) is 1.27. The Morgan fingerprint density at radius 2 is 1.79 bits per heavy atom. The normalized spacial score (nSPS) is 10.1. The minimum absolute atomic E-state index is 0.434. The van der Waals surface area contributed by atoms with Gasteiger partial charge in [-0.2, -0.15) is 4.39 Å². The van der Waals surface area contributed by atoms with Gasteiger partial charge in [-0.25, -0.2) is 4.98 Å². The van der Waals surface area contributed by atoms with E-state index in [2.05, 4.69) is 9.97 Å². The molecule has 70 valence electrons. The number of hydrogen-bond donors (Lipinski definition) is 0. The second-order valence-corrected chi connectivity index (χ2v) is 3.03. The molecule has 0 saturated heterocycles. The van der Waals surface area contributed by atoms with Crippen molar-refractivity contribution in [3.8, 4) is 11.1 Å². The molecule has 3 heteroatoms. The molecule has 0 radical (unpaired) electrons. The summed E-state index contributed by atoms with van der Waals surface area (Å²) in [7, 11) is 0. The molecule has 0 spiro atoms. The fourth-order valence-electron chi connectivity index (χ4n) is 1.27. The van der Waals surface area contributed by atoms with Crippen LogP contribution in [0.4, 0.5) is 4.39 Å². The summed E-state index contributed by atoms with van der Waals surface area (Å²) in [6.45, 7) is 1.76. The first kappa shape index (κ1) is 8.81. The van der Waals surface area contributed by atoms with Gasteiger partial charge in [0, 0.05) is 23.7 Å². The van der Waals surface area contributed by atoms with Crippen molar-refractivity contribution in [3.63, 3.8) is 0 Å². The van der Waals surface area contributed by atoms with E-state index in [0.717, 1.165) is 5.56 Å². The Hall–Kier alpha value is -1.77. The molecule has 14 heavy (non-hydrogen) atoms. The molecule has 0 aliphatic rings. The maximum Gasteiger partial charge on any atom is 0.220 e. The number of aryl methyl sites for hydroxylation is 1. The standard InChI is InChI=1S/C11H9FN2/c1-8-2-3-10(11(12)14-8)9-4-6-13-7-5-9/h2-7H,1H3.